The Morgan fingerprint density at radius 1 is 1.30 bits per heavy atom. The van der Waals surface area contributed by atoms with Crippen LogP contribution in [0.3, 0.4) is 0 Å². The van der Waals surface area contributed by atoms with Crippen molar-refractivity contribution in [1.29, 1.82) is 0 Å². The summed E-state index contributed by atoms with van der Waals surface area (Å²) in [5.41, 5.74) is 8.46. The average Bonchev–Trinajstić information content (AvgIpc) is 2.43. The number of pyridine rings is 1. The van der Waals surface area contributed by atoms with Crippen LogP contribution in [0.25, 0.3) is 0 Å². The Hall–Kier alpha value is -1.65. The number of aromatic nitrogens is 1. The van der Waals surface area contributed by atoms with E-state index in [-0.39, 0.29) is 0 Å². The van der Waals surface area contributed by atoms with Crippen LogP contribution in [0, 0.1) is 0 Å². The number of halogens is 2. The van der Waals surface area contributed by atoms with Crippen LogP contribution < -0.4 is 16.0 Å². The van der Waals surface area contributed by atoms with Gasteiger partial charge in [0.1, 0.15) is 5.82 Å². The van der Waals surface area contributed by atoms with Crippen molar-refractivity contribution in [3.8, 4) is 0 Å². The van der Waals surface area contributed by atoms with Crippen molar-refractivity contribution in [3.63, 3.8) is 0 Å². The number of fused-ring (bicyclic) bond motifs is 1. The molecular weight excluding hydrogens is 295 g/mol. The van der Waals surface area contributed by atoms with Gasteiger partial charge in [0, 0.05) is 29.7 Å². The summed E-state index contributed by atoms with van der Waals surface area (Å²) < 4.78 is 0. The van der Waals surface area contributed by atoms with E-state index in [2.05, 4.69) is 15.2 Å². The van der Waals surface area contributed by atoms with E-state index in [4.69, 9.17) is 28.9 Å². The van der Waals surface area contributed by atoms with Crippen molar-refractivity contribution in [1.82, 2.24) is 4.98 Å². The SMILES string of the molecule is Nc1cnc2c(c1)N(Cc1cc(Cl)ccc1Cl)CCN2. The number of hydrogen-bond donors (Lipinski definition) is 2. The van der Waals surface area contributed by atoms with E-state index < -0.39 is 0 Å². The van der Waals surface area contributed by atoms with Gasteiger partial charge >= 0.3 is 0 Å². The summed E-state index contributed by atoms with van der Waals surface area (Å²) in [6, 6.07) is 7.43. The van der Waals surface area contributed by atoms with E-state index in [1.807, 2.05) is 18.2 Å². The molecule has 0 saturated heterocycles. The fourth-order valence-corrected chi connectivity index (χ4v) is 2.68. The van der Waals surface area contributed by atoms with E-state index in [0.29, 0.717) is 22.3 Å². The van der Waals surface area contributed by atoms with Gasteiger partial charge in [-0.1, -0.05) is 23.2 Å². The lowest BCUT2D eigenvalue weighted by Crippen LogP contribution is -2.34. The Kier molecular flexibility index (Phi) is 3.59. The molecule has 0 bridgehead atoms. The highest BCUT2D eigenvalue weighted by Gasteiger charge is 2.19. The molecule has 0 amide bonds. The van der Waals surface area contributed by atoms with Crippen molar-refractivity contribution in [2.24, 2.45) is 0 Å². The van der Waals surface area contributed by atoms with E-state index in [9.17, 15) is 0 Å². The van der Waals surface area contributed by atoms with Gasteiger partial charge in [-0.15, -0.1) is 0 Å². The minimum atomic E-state index is 0.648. The Bertz CT molecular complexity index is 645. The molecule has 0 atom stereocenters. The van der Waals surface area contributed by atoms with Crippen LogP contribution in [-0.2, 0) is 6.54 Å². The molecule has 2 aromatic rings. The topological polar surface area (TPSA) is 54.2 Å². The molecule has 104 valence electrons. The number of nitrogens with zero attached hydrogens (tertiary/aromatic N) is 2. The standard InChI is InChI=1S/C14H14Cl2N4/c15-10-1-2-12(16)9(5-10)8-20-4-3-18-14-13(20)6-11(17)7-19-14/h1-2,5-7H,3-4,8,17H2,(H,18,19). The molecule has 0 radical (unpaired) electrons. The number of anilines is 3. The molecule has 20 heavy (non-hydrogen) atoms. The third-order valence-corrected chi connectivity index (χ3v) is 3.88. The van der Waals surface area contributed by atoms with Gasteiger partial charge in [0.2, 0.25) is 0 Å². The summed E-state index contributed by atoms with van der Waals surface area (Å²) in [6.45, 7) is 2.38. The van der Waals surface area contributed by atoms with Gasteiger partial charge in [0.25, 0.3) is 0 Å². The van der Waals surface area contributed by atoms with Crippen LogP contribution >= 0.6 is 23.2 Å². The van der Waals surface area contributed by atoms with Crippen LogP contribution in [0.15, 0.2) is 30.5 Å². The maximum absolute atomic E-state index is 6.23. The lowest BCUT2D eigenvalue weighted by Gasteiger charge is -2.31. The summed E-state index contributed by atoms with van der Waals surface area (Å²) in [7, 11) is 0. The number of nitrogens with two attached hydrogens (primary N) is 1. The number of nitrogen functional groups attached to an aromatic ring is 1. The van der Waals surface area contributed by atoms with E-state index in [0.717, 1.165) is 30.2 Å². The van der Waals surface area contributed by atoms with E-state index >= 15 is 0 Å². The first kappa shape index (κ1) is 13.3. The zero-order valence-corrected chi connectivity index (χ0v) is 12.2. The second-order valence-corrected chi connectivity index (χ2v) is 5.56. The largest absolute Gasteiger partial charge is 0.397 e. The lowest BCUT2D eigenvalue weighted by atomic mass is 10.1. The maximum Gasteiger partial charge on any atom is 0.149 e. The molecule has 0 aliphatic carbocycles. The average molecular weight is 309 g/mol. The molecule has 1 aliphatic rings. The van der Waals surface area contributed by atoms with Crippen molar-refractivity contribution < 1.29 is 0 Å². The van der Waals surface area contributed by atoms with Crippen LogP contribution in [-0.4, -0.2) is 18.1 Å². The molecule has 3 rings (SSSR count). The van der Waals surface area contributed by atoms with Gasteiger partial charge in [0.05, 0.1) is 17.6 Å². The zero-order valence-electron chi connectivity index (χ0n) is 10.7. The molecule has 1 aromatic carbocycles. The van der Waals surface area contributed by atoms with E-state index in [1.165, 1.54) is 0 Å². The third-order valence-electron chi connectivity index (χ3n) is 3.27. The van der Waals surface area contributed by atoms with Crippen LogP contribution in [0.2, 0.25) is 10.0 Å². The summed E-state index contributed by atoms with van der Waals surface area (Å²) in [5.74, 6) is 0.851. The first-order valence-corrected chi connectivity index (χ1v) is 7.07. The van der Waals surface area contributed by atoms with E-state index in [1.54, 1.807) is 12.3 Å². The molecule has 0 saturated carbocycles. The van der Waals surface area contributed by atoms with Gasteiger partial charge in [-0.25, -0.2) is 4.98 Å². The zero-order chi connectivity index (χ0) is 14.1. The molecule has 2 heterocycles. The number of rotatable bonds is 2. The lowest BCUT2D eigenvalue weighted by molar-refractivity contribution is 0.781. The fourth-order valence-electron chi connectivity index (χ4n) is 2.31. The molecule has 0 unspecified atom stereocenters. The minimum Gasteiger partial charge on any atom is -0.397 e. The first-order valence-electron chi connectivity index (χ1n) is 6.32. The summed E-state index contributed by atoms with van der Waals surface area (Å²) in [5, 5.41) is 4.66. The summed E-state index contributed by atoms with van der Waals surface area (Å²) in [6.07, 6.45) is 1.65. The highest BCUT2D eigenvalue weighted by atomic mass is 35.5. The van der Waals surface area contributed by atoms with Crippen molar-refractivity contribution in [3.05, 3.63) is 46.1 Å². The predicted molar refractivity (Wildman–Crippen MR) is 84.7 cm³/mol. The second-order valence-electron chi connectivity index (χ2n) is 4.72. The Morgan fingerprint density at radius 3 is 3.00 bits per heavy atom. The van der Waals surface area contributed by atoms with Gasteiger partial charge in [-0.2, -0.15) is 0 Å². The predicted octanol–water partition coefficient (Wildman–Crippen LogP) is 3.40. The fraction of sp³-hybridized carbons (Fsp3) is 0.214. The van der Waals surface area contributed by atoms with Crippen LogP contribution in [0.4, 0.5) is 17.2 Å². The van der Waals surface area contributed by atoms with Gasteiger partial charge < -0.3 is 16.0 Å². The highest BCUT2D eigenvalue weighted by Crippen LogP contribution is 2.31. The number of benzene rings is 1. The smallest absolute Gasteiger partial charge is 0.149 e. The minimum absolute atomic E-state index is 0.648. The van der Waals surface area contributed by atoms with Crippen molar-refractivity contribution >= 4 is 40.4 Å². The molecule has 6 heteroatoms. The molecule has 0 fully saturated rings. The number of hydrogen-bond acceptors (Lipinski definition) is 4. The molecule has 3 N–H and O–H groups in total. The monoisotopic (exact) mass is 308 g/mol. The van der Waals surface area contributed by atoms with Crippen LogP contribution in [0.5, 0.6) is 0 Å². The van der Waals surface area contributed by atoms with Crippen molar-refractivity contribution in [2.75, 3.05) is 29.0 Å². The molecular formula is C14H14Cl2N4. The van der Waals surface area contributed by atoms with Crippen molar-refractivity contribution in [2.45, 2.75) is 6.54 Å². The Balaban J connectivity index is 1.93. The molecule has 4 nitrogen and oxygen atoms in total. The number of nitrogens with one attached hydrogen (secondary N) is 1. The summed E-state index contributed by atoms with van der Waals surface area (Å²) in [4.78, 5) is 6.51. The summed E-state index contributed by atoms with van der Waals surface area (Å²) >= 11 is 12.3. The quantitative estimate of drug-likeness (QED) is 0.893. The Morgan fingerprint density at radius 2 is 2.15 bits per heavy atom. The van der Waals surface area contributed by atoms with Crippen LogP contribution in [0.1, 0.15) is 5.56 Å². The molecule has 0 spiro atoms. The highest BCUT2D eigenvalue weighted by molar-refractivity contribution is 6.33. The normalized spacial score (nSPS) is 13.8. The Labute approximate surface area is 127 Å². The molecule has 1 aromatic heterocycles. The maximum atomic E-state index is 6.23. The second kappa shape index (κ2) is 5.38. The van der Waals surface area contributed by atoms with Gasteiger partial charge in [-0.3, -0.25) is 0 Å². The third kappa shape index (κ3) is 2.62. The molecule has 1 aliphatic heterocycles. The first-order chi connectivity index (χ1) is 9.63. The van der Waals surface area contributed by atoms with Gasteiger partial charge in [-0.05, 0) is 29.8 Å². The van der Waals surface area contributed by atoms with Gasteiger partial charge in [0.15, 0.2) is 0 Å².